The van der Waals surface area contributed by atoms with Crippen molar-refractivity contribution in [3.05, 3.63) is 36.9 Å². The minimum Gasteiger partial charge on any atom is -0.494 e. The molecule has 1 amide bonds. The van der Waals surface area contributed by atoms with Gasteiger partial charge in [0.2, 0.25) is 15.9 Å². The lowest BCUT2D eigenvalue weighted by Crippen LogP contribution is -2.33. The monoisotopic (exact) mass is 326 g/mol. The molecule has 0 saturated carbocycles. The van der Waals surface area contributed by atoms with E-state index in [1.54, 1.807) is 24.3 Å². The van der Waals surface area contributed by atoms with Gasteiger partial charge in [0.25, 0.3) is 0 Å². The molecule has 1 aromatic rings. The van der Waals surface area contributed by atoms with E-state index in [1.807, 2.05) is 6.92 Å². The summed E-state index contributed by atoms with van der Waals surface area (Å²) in [6.07, 6.45) is 2.68. The van der Waals surface area contributed by atoms with E-state index >= 15 is 0 Å². The van der Waals surface area contributed by atoms with Crippen LogP contribution in [0.3, 0.4) is 0 Å². The maximum absolute atomic E-state index is 11.9. The van der Waals surface area contributed by atoms with Crippen molar-refractivity contribution in [2.75, 3.05) is 31.3 Å². The molecule has 0 aliphatic heterocycles. The lowest BCUT2D eigenvalue weighted by Gasteiger charge is -2.17. The average Bonchev–Trinajstić information content (AvgIpc) is 2.44. The van der Waals surface area contributed by atoms with E-state index in [0.29, 0.717) is 12.3 Å². The summed E-state index contributed by atoms with van der Waals surface area (Å²) in [5.41, 5.74) is 0.642. The first-order valence-electron chi connectivity index (χ1n) is 6.95. The van der Waals surface area contributed by atoms with E-state index in [0.717, 1.165) is 12.0 Å². The zero-order chi connectivity index (χ0) is 16.6. The molecule has 0 spiro atoms. The molecule has 0 aliphatic rings. The van der Waals surface area contributed by atoms with Crippen LogP contribution in [0.15, 0.2) is 36.9 Å². The van der Waals surface area contributed by atoms with E-state index in [9.17, 15) is 13.2 Å². The Bertz CT molecular complexity index is 596. The molecule has 0 aromatic heterocycles. The van der Waals surface area contributed by atoms with Gasteiger partial charge >= 0.3 is 0 Å². The van der Waals surface area contributed by atoms with Crippen LogP contribution in [-0.2, 0) is 14.8 Å². The van der Waals surface area contributed by atoms with Crippen molar-refractivity contribution in [2.24, 2.45) is 0 Å². The SMILES string of the molecule is C=CCN(CCC(=O)Nc1ccc(OCC)cc1)S(C)(=O)=O. The van der Waals surface area contributed by atoms with Gasteiger partial charge in [0.05, 0.1) is 12.9 Å². The summed E-state index contributed by atoms with van der Waals surface area (Å²) >= 11 is 0. The van der Waals surface area contributed by atoms with Crippen LogP contribution in [0.2, 0.25) is 0 Å². The molecule has 0 bridgehead atoms. The Balaban J connectivity index is 2.53. The highest BCUT2D eigenvalue weighted by molar-refractivity contribution is 7.88. The number of hydrogen-bond donors (Lipinski definition) is 1. The molecule has 22 heavy (non-hydrogen) atoms. The fourth-order valence-electron chi connectivity index (χ4n) is 1.79. The van der Waals surface area contributed by atoms with Crippen LogP contribution in [0, 0.1) is 0 Å². The zero-order valence-electron chi connectivity index (χ0n) is 12.9. The van der Waals surface area contributed by atoms with E-state index in [-0.39, 0.29) is 25.4 Å². The molecule has 0 radical (unpaired) electrons. The fourth-order valence-corrected chi connectivity index (χ4v) is 2.59. The lowest BCUT2D eigenvalue weighted by atomic mass is 10.3. The van der Waals surface area contributed by atoms with Crippen molar-refractivity contribution >= 4 is 21.6 Å². The molecular weight excluding hydrogens is 304 g/mol. The van der Waals surface area contributed by atoms with Crippen LogP contribution in [0.4, 0.5) is 5.69 Å². The predicted molar refractivity (Wildman–Crippen MR) is 87.5 cm³/mol. The van der Waals surface area contributed by atoms with Crippen LogP contribution < -0.4 is 10.1 Å². The number of rotatable bonds is 9. The first-order valence-corrected chi connectivity index (χ1v) is 8.80. The Kier molecular flexibility index (Phi) is 7.07. The largest absolute Gasteiger partial charge is 0.494 e. The normalized spacial score (nSPS) is 11.2. The van der Waals surface area contributed by atoms with Gasteiger partial charge in [-0.25, -0.2) is 8.42 Å². The highest BCUT2D eigenvalue weighted by Crippen LogP contribution is 2.15. The summed E-state index contributed by atoms with van der Waals surface area (Å²) in [6.45, 7) is 6.30. The quantitative estimate of drug-likeness (QED) is 0.703. The molecule has 0 fully saturated rings. The lowest BCUT2D eigenvalue weighted by molar-refractivity contribution is -0.116. The Morgan fingerprint density at radius 2 is 2.00 bits per heavy atom. The van der Waals surface area contributed by atoms with Gasteiger partial charge in [0.1, 0.15) is 5.75 Å². The molecule has 122 valence electrons. The van der Waals surface area contributed by atoms with Crippen LogP contribution in [0.5, 0.6) is 5.75 Å². The average molecular weight is 326 g/mol. The van der Waals surface area contributed by atoms with Gasteiger partial charge in [-0.05, 0) is 31.2 Å². The van der Waals surface area contributed by atoms with Crippen molar-refractivity contribution in [3.63, 3.8) is 0 Å². The summed E-state index contributed by atoms with van der Waals surface area (Å²) in [7, 11) is -3.34. The van der Waals surface area contributed by atoms with E-state index in [1.165, 1.54) is 10.4 Å². The molecule has 0 atom stereocenters. The van der Waals surface area contributed by atoms with E-state index in [2.05, 4.69) is 11.9 Å². The second-order valence-electron chi connectivity index (χ2n) is 4.67. The summed E-state index contributed by atoms with van der Waals surface area (Å²) < 4.78 is 29.6. The Morgan fingerprint density at radius 1 is 1.36 bits per heavy atom. The topological polar surface area (TPSA) is 75.7 Å². The van der Waals surface area contributed by atoms with Crippen LogP contribution >= 0.6 is 0 Å². The molecule has 6 nitrogen and oxygen atoms in total. The molecule has 0 heterocycles. The van der Waals surface area contributed by atoms with Crippen LogP contribution in [-0.4, -0.2) is 44.6 Å². The number of anilines is 1. The van der Waals surface area contributed by atoms with Crippen LogP contribution in [0.1, 0.15) is 13.3 Å². The highest BCUT2D eigenvalue weighted by Gasteiger charge is 2.16. The standard InChI is InChI=1S/C15H22N2O4S/c1-4-11-17(22(3,19)20)12-10-15(18)16-13-6-8-14(9-7-13)21-5-2/h4,6-9H,1,5,10-12H2,2-3H3,(H,16,18). The third-order valence-corrected chi connectivity index (χ3v) is 4.11. The summed E-state index contributed by atoms with van der Waals surface area (Å²) in [4.78, 5) is 11.9. The summed E-state index contributed by atoms with van der Waals surface area (Å²) in [5, 5.41) is 2.72. The summed E-state index contributed by atoms with van der Waals surface area (Å²) in [6, 6.07) is 7.00. The maximum atomic E-state index is 11.9. The number of carbonyl (C=O) groups excluding carboxylic acids is 1. The number of nitrogens with one attached hydrogen (secondary N) is 1. The van der Waals surface area contributed by atoms with Gasteiger partial charge < -0.3 is 10.1 Å². The minimum atomic E-state index is -3.34. The van der Waals surface area contributed by atoms with Gasteiger partial charge in [0.15, 0.2) is 0 Å². The molecule has 1 aromatic carbocycles. The van der Waals surface area contributed by atoms with Crippen molar-refractivity contribution in [1.29, 1.82) is 0 Å². The smallest absolute Gasteiger partial charge is 0.225 e. The predicted octanol–water partition coefficient (Wildman–Crippen LogP) is 1.86. The Labute approximate surface area is 131 Å². The van der Waals surface area contributed by atoms with E-state index in [4.69, 9.17) is 4.74 Å². The second kappa shape index (κ2) is 8.55. The molecule has 0 aliphatic carbocycles. The van der Waals surface area contributed by atoms with Crippen molar-refractivity contribution in [3.8, 4) is 5.75 Å². The molecule has 0 saturated heterocycles. The third kappa shape index (κ3) is 6.28. The first kappa shape index (κ1) is 18.2. The molecule has 1 rings (SSSR count). The Hall–Kier alpha value is -1.86. The zero-order valence-corrected chi connectivity index (χ0v) is 13.7. The number of amides is 1. The molecular formula is C15H22N2O4S. The fraction of sp³-hybridized carbons (Fsp3) is 0.400. The number of benzene rings is 1. The van der Waals surface area contributed by atoms with Gasteiger partial charge in [0, 0.05) is 25.2 Å². The van der Waals surface area contributed by atoms with Gasteiger partial charge in [-0.15, -0.1) is 6.58 Å². The van der Waals surface area contributed by atoms with Crippen molar-refractivity contribution in [1.82, 2.24) is 4.31 Å². The van der Waals surface area contributed by atoms with Crippen LogP contribution in [0.25, 0.3) is 0 Å². The Morgan fingerprint density at radius 3 is 2.50 bits per heavy atom. The number of ether oxygens (including phenoxy) is 1. The maximum Gasteiger partial charge on any atom is 0.225 e. The first-order chi connectivity index (χ1) is 10.4. The number of carbonyl (C=O) groups is 1. The number of nitrogens with zero attached hydrogens (tertiary/aromatic N) is 1. The molecule has 1 N–H and O–H groups in total. The summed E-state index contributed by atoms with van der Waals surface area (Å²) in [5.74, 6) is 0.483. The van der Waals surface area contributed by atoms with Gasteiger partial charge in [-0.1, -0.05) is 6.08 Å². The molecule has 7 heteroatoms. The number of sulfonamides is 1. The van der Waals surface area contributed by atoms with Gasteiger partial charge in [-0.2, -0.15) is 4.31 Å². The van der Waals surface area contributed by atoms with Gasteiger partial charge in [-0.3, -0.25) is 4.79 Å². The van der Waals surface area contributed by atoms with Crippen molar-refractivity contribution in [2.45, 2.75) is 13.3 Å². The van der Waals surface area contributed by atoms with E-state index < -0.39 is 10.0 Å². The number of hydrogen-bond acceptors (Lipinski definition) is 4. The highest BCUT2D eigenvalue weighted by atomic mass is 32.2. The van der Waals surface area contributed by atoms with Crippen molar-refractivity contribution < 1.29 is 17.9 Å². The minimum absolute atomic E-state index is 0.0775. The second-order valence-corrected chi connectivity index (χ2v) is 6.65. The third-order valence-electron chi connectivity index (χ3n) is 2.84. The molecule has 0 unspecified atom stereocenters.